The molecule has 6 heteroatoms. The van der Waals surface area contributed by atoms with Gasteiger partial charge in [0.2, 0.25) is 5.91 Å². The summed E-state index contributed by atoms with van der Waals surface area (Å²) < 4.78 is 5.15. The van der Waals surface area contributed by atoms with Gasteiger partial charge in [0.1, 0.15) is 11.1 Å². The molecule has 3 N–H and O–H groups in total. The molecule has 0 aliphatic heterocycles. The van der Waals surface area contributed by atoms with E-state index in [0.717, 1.165) is 10.7 Å². The van der Waals surface area contributed by atoms with Crippen LogP contribution in [0.5, 0.6) is 0 Å². The van der Waals surface area contributed by atoms with E-state index in [9.17, 15) is 4.79 Å². The van der Waals surface area contributed by atoms with Gasteiger partial charge in [0, 0.05) is 12.5 Å². The Hall–Kier alpha value is -0.980. The summed E-state index contributed by atoms with van der Waals surface area (Å²) in [5.41, 5.74) is 6.26. The van der Waals surface area contributed by atoms with Crippen LogP contribution in [0.2, 0.25) is 0 Å². The molecular formula is C10H17N3O2S. The number of nitrogens with zero attached hydrogens (tertiary/aromatic N) is 1. The number of carbonyl (C=O) groups is 1. The molecule has 0 saturated heterocycles. The lowest BCUT2D eigenvalue weighted by molar-refractivity contribution is -0.122. The molecule has 0 spiro atoms. The summed E-state index contributed by atoms with van der Waals surface area (Å²) in [4.78, 5) is 15.6. The molecule has 1 rings (SSSR count). The van der Waals surface area contributed by atoms with Gasteiger partial charge >= 0.3 is 0 Å². The average Bonchev–Trinajstić information content (AvgIpc) is 2.73. The van der Waals surface area contributed by atoms with E-state index in [0.29, 0.717) is 6.54 Å². The first-order chi connectivity index (χ1) is 7.54. The van der Waals surface area contributed by atoms with Crippen molar-refractivity contribution in [3.05, 3.63) is 16.1 Å². The maximum Gasteiger partial charge on any atom is 0.236 e. The number of nitrogens with one attached hydrogen (secondary N) is 1. The minimum atomic E-state index is -0.490. The van der Waals surface area contributed by atoms with Crippen molar-refractivity contribution in [2.24, 2.45) is 5.73 Å². The quantitative estimate of drug-likeness (QED) is 0.802. The predicted octanol–water partition coefficient (Wildman–Crippen LogP) is 0.814. The Kier molecular flexibility index (Phi) is 4.85. The van der Waals surface area contributed by atoms with Crippen LogP contribution in [0, 0.1) is 0 Å². The number of ether oxygens (including phenoxy) is 1. The van der Waals surface area contributed by atoms with E-state index < -0.39 is 6.04 Å². The first-order valence-electron chi connectivity index (χ1n) is 5.05. The number of amides is 1. The lowest BCUT2D eigenvalue weighted by Crippen LogP contribution is -2.37. The minimum Gasteiger partial charge on any atom is -0.375 e. The second kappa shape index (κ2) is 5.93. The SMILES string of the molecule is COC(C)c1nc(CNC(=O)[C@@H](C)N)cs1. The standard InChI is InChI=1S/C10H17N3O2S/c1-6(11)9(14)12-4-8-5-16-10(13-8)7(2)15-3/h5-7H,4,11H2,1-3H3,(H,12,14)/t6-,7?/m1/s1. The van der Waals surface area contributed by atoms with Gasteiger partial charge < -0.3 is 15.8 Å². The summed E-state index contributed by atoms with van der Waals surface area (Å²) >= 11 is 1.52. The number of thiazole rings is 1. The van der Waals surface area contributed by atoms with Crippen LogP contribution >= 0.6 is 11.3 Å². The Morgan fingerprint density at radius 1 is 1.69 bits per heavy atom. The Morgan fingerprint density at radius 3 is 2.94 bits per heavy atom. The van der Waals surface area contributed by atoms with Gasteiger partial charge in [0.05, 0.1) is 18.3 Å². The van der Waals surface area contributed by atoms with Crippen molar-refractivity contribution in [1.82, 2.24) is 10.3 Å². The molecule has 16 heavy (non-hydrogen) atoms. The highest BCUT2D eigenvalue weighted by atomic mass is 32.1. The van der Waals surface area contributed by atoms with Crippen molar-refractivity contribution >= 4 is 17.2 Å². The van der Waals surface area contributed by atoms with Crippen LogP contribution in [0.25, 0.3) is 0 Å². The zero-order valence-electron chi connectivity index (χ0n) is 9.69. The molecule has 0 fully saturated rings. The predicted molar refractivity (Wildman–Crippen MR) is 63.0 cm³/mol. The topological polar surface area (TPSA) is 77.2 Å². The maximum atomic E-state index is 11.2. The van der Waals surface area contributed by atoms with E-state index in [4.69, 9.17) is 10.5 Å². The number of carbonyl (C=O) groups excluding carboxylic acids is 1. The first kappa shape index (κ1) is 13.1. The van der Waals surface area contributed by atoms with Crippen molar-refractivity contribution in [2.45, 2.75) is 32.5 Å². The maximum absolute atomic E-state index is 11.2. The summed E-state index contributed by atoms with van der Waals surface area (Å²) in [5, 5.41) is 5.53. The number of hydrogen-bond acceptors (Lipinski definition) is 5. The van der Waals surface area contributed by atoms with Gasteiger partial charge in [0.15, 0.2) is 0 Å². The largest absolute Gasteiger partial charge is 0.375 e. The summed E-state index contributed by atoms with van der Waals surface area (Å²) in [6.07, 6.45) is -0.0112. The lowest BCUT2D eigenvalue weighted by atomic mass is 10.3. The van der Waals surface area contributed by atoms with Gasteiger partial charge in [-0.1, -0.05) is 0 Å². The van der Waals surface area contributed by atoms with Gasteiger partial charge in [-0.15, -0.1) is 11.3 Å². The molecule has 1 aromatic rings. The van der Waals surface area contributed by atoms with Crippen molar-refractivity contribution in [3.63, 3.8) is 0 Å². The van der Waals surface area contributed by atoms with Crippen LogP contribution in [0.1, 0.15) is 30.7 Å². The minimum absolute atomic E-state index is 0.0112. The number of rotatable bonds is 5. The van der Waals surface area contributed by atoms with Crippen LogP contribution < -0.4 is 11.1 Å². The van der Waals surface area contributed by atoms with Crippen molar-refractivity contribution < 1.29 is 9.53 Å². The zero-order chi connectivity index (χ0) is 12.1. The molecule has 2 atom stereocenters. The molecule has 1 unspecified atom stereocenters. The summed E-state index contributed by atoms with van der Waals surface area (Å²) in [6.45, 7) is 3.99. The van der Waals surface area contributed by atoms with E-state index in [-0.39, 0.29) is 12.0 Å². The average molecular weight is 243 g/mol. The van der Waals surface area contributed by atoms with Crippen LogP contribution in [0.15, 0.2) is 5.38 Å². The Balaban J connectivity index is 2.49. The number of nitrogens with two attached hydrogens (primary N) is 1. The van der Waals surface area contributed by atoms with Crippen LogP contribution in [-0.4, -0.2) is 24.0 Å². The van der Waals surface area contributed by atoms with E-state index in [1.54, 1.807) is 14.0 Å². The van der Waals surface area contributed by atoms with Gasteiger partial charge in [-0.05, 0) is 13.8 Å². The summed E-state index contributed by atoms with van der Waals surface area (Å²) in [6, 6.07) is -0.490. The van der Waals surface area contributed by atoms with Crippen molar-refractivity contribution in [2.75, 3.05) is 7.11 Å². The fraction of sp³-hybridized carbons (Fsp3) is 0.600. The monoisotopic (exact) mass is 243 g/mol. The molecule has 0 bridgehead atoms. The van der Waals surface area contributed by atoms with Gasteiger partial charge in [0.25, 0.3) is 0 Å². The van der Waals surface area contributed by atoms with E-state index in [1.165, 1.54) is 11.3 Å². The third kappa shape index (κ3) is 3.55. The first-order valence-corrected chi connectivity index (χ1v) is 5.93. The lowest BCUT2D eigenvalue weighted by Gasteiger charge is -2.06. The third-order valence-corrected chi connectivity index (χ3v) is 3.18. The molecule has 1 aromatic heterocycles. The molecule has 0 saturated carbocycles. The number of hydrogen-bond donors (Lipinski definition) is 2. The fourth-order valence-corrected chi connectivity index (χ4v) is 1.88. The van der Waals surface area contributed by atoms with Crippen LogP contribution in [0.3, 0.4) is 0 Å². The Labute approximate surface area is 99.0 Å². The molecule has 90 valence electrons. The van der Waals surface area contributed by atoms with E-state index >= 15 is 0 Å². The van der Waals surface area contributed by atoms with Crippen molar-refractivity contribution in [1.29, 1.82) is 0 Å². The second-order valence-corrected chi connectivity index (χ2v) is 4.45. The normalized spacial score (nSPS) is 14.5. The smallest absolute Gasteiger partial charge is 0.236 e. The van der Waals surface area contributed by atoms with Gasteiger partial charge in [-0.3, -0.25) is 4.79 Å². The highest BCUT2D eigenvalue weighted by molar-refractivity contribution is 7.09. The van der Waals surface area contributed by atoms with Crippen LogP contribution in [-0.2, 0) is 16.1 Å². The van der Waals surface area contributed by atoms with Gasteiger partial charge in [-0.25, -0.2) is 4.98 Å². The molecule has 1 heterocycles. The Morgan fingerprint density at radius 2 is 2.38 bits per heavy atom. The molecule has 0 aliphatic rings. The molecule has 0 aromatic carbocycles. The fourth-order valence-electron chi connectivity index (χ4n) is 1.03. The highest BCUT2D eigenvalue weighted by Gasteiger charge is 2.11. The zero-order valence-corrected chi connectivity index (χ0v) is 10.5. The number of methoxy groups -OCH3 is 1. The highest BCUT2D eigenvalue weighted by Crippen LogP contribution is 2.20. The number of aromatic nitrogens is 1. The molecule has 0 aliphatic carbocycles. The van der Waals surface area contributed by atoms with E-state index in [1.807, 2.05) is 12.3 Å². The van der Waals surface area contributed by atoms with Gasteiger partial charge in [-0.2, -0.15) is 0 Å². The van der Waals surface area contributed by atoms with E-state index in [2.05, 4.69) is 10.3 Å². The molecule has 0 radical (unpaired) electrons. The van der Waals surface area contributed by atoms with Crippen molar-refractivity contribution in [3.8, 4) is 0 Å². The summed E-state index contributed by atoms with van der Waals surface area (Å²) in [5.74, 6) is -0.172. The third-order valence-electron chi connectivity index (χ3n) is 2.13. The summed E-state index contributed by atoms with van der Waals surface area (Å²) in [7, 11) is 1.64. The molecule has 1 amide bonds. The molecule has 5 nitrogen and oxygen atoms in total. The van der Waals surface area contributed by atoms with Crippen LogP contribution in [0.4, 0.5) is 0 Å². The Bertz CT molecular complexity index is 352. The second-order valence-electron chi connectivity index (χ2n) is 3.56. The molecular weight excluding hydrogens is 226 g/mol.